The number of halogens is 1. The van der Waals surface area contributed by atoms with Crippen molar-refractivity contribution in [2.24, 2.45) is 5.92 Å². The molecular weight excluding hydrogens is 405 g/mol. The van der Waals surface area contributed by atoms with Crippen LogP contribution < -0.4 is 9.80 Å². The van der Waals surface area contributed by atoms with Crippen LogP contribution in [-0.4, -0.2) is 62.2 Å². The number of piperazine rings is 1. The van der Waals surface area contributed by atoms with E-state index >= 15 is 0 Å². The Kier molecular flexibility index (Phi) is 6.19. The molecule has 2 saturated heterocycles. The van der Waals surface area contributed by atoms with E-state index in [1.807, 2.05) is 17.0 Å². The molecule has 7 nitrogen and oxygen atoms in total. The molecule has 0 radical (unpaired) electrons. The summed E-state index contributed by atoms with van der Waals surface area (Å²) in [6, 6.07) is 9.98. The normalized spacial score (nSPS) is 19.3. The van der Waals surface area contributed by atoms with Crippen LogP contribution in [0.15, 0.2) is 36.4 Å². The molecule has 162 valence electrons. The predicted molar refractivity (Wildman–Crippen MR) is 115 cm³/mol. The molecule has 4 rings (SSSR count). The van der Waals surface area contributed by atoms with Crippen molar-refractivity contribution in [3.63, 3.8) is 0 Å². The van der Waals surface area contributed by atoms with E-state index < -0.39 is 15.8 Å². The summed E-state index contributed by atoms with van der Waals surface area (Å²) in [5, 5.41) is 8.78. The molecule has 0 atom stereocenters. The van der Waals surface area contributed by atoms with E-state index in [1.165, 1.54) is 29.3 Å². The lowest BCUT2D eigenvalue weighted by molar-refractivity contribution is 0.382. The van der Waals surface area contributed by atoms with Crippen LogP contribution in [-0.2, 0) is 15.8 Å². The fourth-order valence-corrected chi connectivity index (χ4v) is 5.52. The smallest absolute Gasteiger partial charge is 0.218 e. The third-order valence-electron chi connectivity index (χ3n) is 6.00. The van der Waals surface area contributed by atoms with Gasteiger partial charge in [-0.1, -0.05) is 25.1 Å². The van der Waals surface area contributed by atoms with Gasteiger partial charge in [0.1, 0.15) is 5.82 Å². The summed E-state index contributed by atoms with van der Waals surface area (Å²) in [5.41, 5.74) is 0.202. The van der Waals surface area contributed by atoms with Crippen molar-refractivity contribution in [1.29, 1.82) is 0 Å². The average Bonchev–Trinajstić information content (AvgIpc) is 2.76. The Morgan fingerprint density at radius 1 is 0.900 bits per heavy atom. The average molecular weight is 434 g/mol. The molecule has 2 aromatic rings. The highest BCUT2D eigenvalue weighted by atomic mass is 32.2. The lowest BCUT2D eigenvalue weighted by Gasteiger charge is -2.35. The van der Waals surface area contributed by atoms with Gasteiger partial charge in [0.25, 0.3) is 0 Å². The molecular formula is C21H28FN5O2S. The van der Waals surface area contributed by atoms with Crippen LogP contribution in [0, 0.1) is 11.7 Å². The first-order valence-electron chi connectivity index (χ1n) is 10.5. The molecule has 0 saturated carbocycles. The number of aromatic nitrogens is 2. The van der Waals surface area contributed by atoms with E-state index in [-0.39, 0.29) is 11.3 Å². The molecule has 3 heterocycles. The van der Waals surface area contributed by atoms with E-state index in [1.54, 1.807) is 12.1 Å². The zero-order valence-electron chi connectivity index (χ0n) is 17.2. The van der Waals surface area contributed by atoms with Crippen LogP contribution in [0.5, 0.6) is 0 Å². The first-order valence-corrected chi connectivity index (χ1v) is 12.1. The summed E-state index contributed by atoms with van der Waals surface area (Å²) in [6.07, 6.45) is 2.35. The van der Waals surface area contributed by atoms with Crippen LogP contribution in [0.3, 0.4) is 0 Å². The fraction of sp³-hybridized carbons (Fsp3) is 0.524. The van der Waals surface area contributed by atoms with Crippen molar-refractivity contribution in [1.82, 2.24) is 14.5 Å². The minimum absolute atomic E-state index is 0.202. The second-order valence-corrected chi connectivity index (χ2v) is 10.1. The molecule has 9 heteroatoms. The number of rotatable bonds is 5. The van der Waals surface area contributed by atoms with Gasteiger partial charge < -0.3 is 9.80 Å². The number of benzene rings is 1. The summed E-state index contributed by atoms with van der Waals surface area (Å²) in [7, 11) is -3.57. The second-order valence-electron chi connectivity index (χ2n) is 8.15. The quantitative estimate of drug-likeness (QED) is 0.722. The molecule has 0 amide bonds. The number of hydrogen-bond acceptors (Lipinski definition) is 6. The van der Waals surface area contributed by atoms with Gasteiger partial charge in [-0.25, -0.2) is 12.8 Å². The first-order chi connectivity index (χ1) is 14.4. The van der Waals surface area contributed by atoms with Gasteiger partial charge in [0.05, 0.1) is 5.75 Å². The summed E-state index contributed by atoms with van der Waals surface area (Å²) in [5.74, 6) is 1.62. The molecule has 0 aliphatic carbocycles. The SMILES string of the molecule is CC1CCN(c2ccc(N3CCN(S(=O)(=O)Cc4ccccc4F)CC3)nn2)CC1. The Labute approximate surface area is 177 Å². The molecule has 0 N–H and O–H groups in total. The van der Waals surface area contributed by atoms with Gasteiger partial charge >= 0.3 is 0 Å². The maximum atomic E-state index is 13.8. The van der Waals surface area contributed by atoms with Crippen LogP contribution in [0.2, 0.25) is 0 Å². The third-order valence-corrected chi connectivity index (χ3v) is 7.82. The Balaban J connectivity index is 1.34. The van der Waals surface area contributed by atoms with Crippen molar-refractivity contribution >= 4 is 21.7 Å². The first kappa shape index (κ1) is 21.0. The third kappa shape index (κ3) is 4.73. The summed E-state index contributed by atoms with van der Waals surface area (Å²) >= 11 is 0. The van der Waals surface area contributed by atoms with Gasteiger partial charge in [-0.2, -0.15) is 4.31 Å². The Hall–Kier alpha value is -2.26. The topological polar surface area (TPSA) is 69.6 Å². The lowest BCUT2D eigenvalue weighted by atomic mass is 9.99. The van der Waals surface area contributed by atoms with Crippen LogP contribution in [0.1, 0.15) is 25.3 Å². The minimum Gasteiger partial charge on any atom is -0.355 e. The van der Waals surface area contributed by atoms with Gasteiger partial charge in [-0.05, 0) is 37.0 Å². The minimum atomic E-state index is -3.57. The predicted octanol–water partition coefficient (Wildman–Crippen LogP) is 2.50. The number of anilines is 2. The van der Waals surface area contributed by atoms with Crippen molar-refractivity contribution in [2.45, 2.75) is 25.5 Å². The Morgan fingerprint density at radius 2 is 1.47 bits per heavy atom. The van der Waals surface area contributed by atoms with Crippen molar-refractivity contribution in [3.8, 4) is 0 Å². The lowest BCUT2D eigenvalue weighted by Crippen LogP contribution is -2.49. The maximum absolute atomic E-state index is 13.8. The van der Waals surface area contributed by atoms with E-state index in [4.69, 9.17) is 0 Å². The molecule has 2 aliphatic rings. The zero-order chi connectivity index (χ0) is 21.1. The zero-order valence-corrected chi connectivity index (χ0v) is 18.1. The van der Waals surface area contributed by atoms with E-state index in [2.05, 4.69) is 22.0 Å². The van der Waals surface area contributed by atoms with Crippen LogP contribution in [0.4, 0.5) is 16.0 Å². The van der Waals surface area contributed by atoms with E-state index in [9.17, 15) is 12.8 Å². The second kappa shape index (κ2) is 8.85. The summed E-state index contributed by atoms with van der Waals surface area (Å²) < 4.78 is 40.7. The summed E-state index contributed by atoms with van der Waals surface area (Å²) in [6.45, 7) is 6.07. The molecule has 2 aliphatic heterocycles. The molecule has 1 aromatic carbocycles. The molecule has 0 unspecified atom stereocenters. The van der Waals surface area contributed by atoms with Crippen LogP contribution >= 0.6 is 0 Å². The highest BCUT2D eigenvalue weighted by molar-refractivity contribution is 7.88. The fourth-order valence-electron chi connectivity index (χ4n) is 3.99. The molecule has 2 fully saturated rings. The maximum Gasteiger partial charge on any atom is 0.218 e. The summed E-state index contributed by atoms with van der Waals surface area (Å²) in [4.78, 5) is 4.31. The highest BCUT2D eigenvalue weighted by Crippen LogP contribution is 2.23. The van der Waals surface area contributed by atoms with Crippen molar-refractivity contribution < 1.29 is 12.8 Å². The largest absolute Gasteiger partial charge is 0.355 e. The Morgan fingerprint density at radius 3 is 2.03 bits per heavy atom. The molecule has 0 spiro atoms. The highest BCUT2D eigenvalue weighted by Gasteiger charge is 2.28. The van der Waals surface area contributed by atoms with Crippen molar-refractivity contribution in [3.05, 3.63) is 47.8 Å². The number of nitrogens with zero attached hydrogens (tertiary/aromatic N) is 5. The van der Waals surface area contributed by atoms with Crippen LogP contribution in [0.25, 0.3) is 0 Å². The van der Waals surface area contributed by atoms with Gasteiger partial charge in [0, 0.05) is 44.8 Å². The standard InChI is InChI=1S/C21H28FN5O2S/c1-17-8-10-25(11-9-17)20-6-7-21(24-23-20)26-12-14-27(15-13-26)30(28,29)16-18-4-2-3-5-19(18)22/h2-7,17H,8-16H2,1H3. The number of hydrogen-bond donors (Lipinski definition) is 0. The number of piperidine rings is 1. The molecule has 0 bridgehead atoms. The molecule has 1 aromatic heterocycles. The van der Waals surface area contributed by atoms with Crippen molar-refractivity contribution in [2.75, 3.05) is 49.1 Å². The van der Waals surface area contributed by atoms with Gasteiger partial charge in [0.15, 0.2) is 11.6 Å². The van der Waals surface area contributed by atoms with Gasteiger partial charge in [-0.15, -0.1) is 10.2 Å². The molecule has 30 heavy (non-hydrogen) atoms. The van der Waals surface area contributed by atoms with E-state index in [0.717, 1.165) is 30.6 Å². The van der Waals surface area contributed by atoms with E-state index in [0.29, 0.717) is 26.2 Å². The van der Waals surface area contributed by atoms with Gasteiger partial charge in [-0.3, -0.25) is 0 Å². The number of sulfonamides is 1. The van der Waals surface area contributed by atoms with Gasteiger partial charge in [0.2, 0.25) is 10.0 Å². The Bertz CT molecular complexity index is 954. The monoisotopic (exact) mass is 433 g/mol.